The molecule has 3 rings (SSSR count). The van der Waals surface area contributed by atoms with Crippen molar-refractivity contribution in [3.8, 4) is 0 Å². The Morgan fingerprint density at radius 3 is 2.62 bits per heavy atom. The van der Waals surface area contributed by atoms with Gasteiger partial charge in [0.25, 0.3) is 0 Å². The van der Waals surface area contributed by atoms with Gasteiger partial charge in [0.15, 0.2) is 0 Å². The van der Waals surface area contributed by atoms with E-state index in [9.17, 15) is 14.7 Å². The number of carboxylic acid groups (broad SMARTS) is 1. The molecule has 0 aromatic heterocycles. The quantitative estimate of drug-likeness (QED) is 0.818. The Morgan fingerprint density at radius 2 is 1.95 bits per heavy atom. The fourth-order valence-electron chi connectivity index (χ4n) is 3.77. The zero-order valence-corrected chi connectivity index (χ0v) is 12.5. The lowest BCUT2D eigenvalue weighted by atomic mass is 9.69. The first-order valence-electron chi connectivity index (χ1n) is 8.11. The Kier molecular flexibility index (Phi) is 4.06. The van der Waals surface area contributed by atoms with Crippen LogP contribution < -0.4 is 5.32 Å². The van der Waals surface area contributed by atoms with E-state index >= 15 is 0 Å². The Balaban J connectivity index is 1.50. The molecule has 2 aliphatic heterocycles. The second-order valence-corrected chi connectivity index (χ2v) is 6.73. The highest BCUT2D eigenvalue weighted by molar-refractivity contribution is 5.79. The topological polar surface area (TPSA) is 72.9 Å². The SMILES string of the molecule is O=C(NCC1(C(=O)O)CCC1)N1CCN2CCCCC2C1. The molecule has 21 heavy (non-hydrogen) atoms. The maximum atomic E-state index is 12.3. The molecule has 0 spiro atoms. The normalized spacial score (nSPS) is 28.4. The molecule has 2 N–H and O–H groups in total. The van der Waals surface area contributed by atoms with Gasteiger partial charge in [-0.25, -0.2) is 4.79 Å². The molecule has 0 radical (unpaired) electrons. The third kappa shape index (κ3) is 2.86. The number of carbonyl (C=O) groups excluding carboxylic acids is 1. The van der Waals surface area contributed by atoms with Gasteiger partial charge in [-0.15, -0.1) is 0 Å². The van der Waals surface area contributed by atoms with E-state index in [4.69, 9.17) is 0 Å². The molecule has 2 amide bonds. The van der Waals surface area contributed by atoms with Crippen LogP contribution in [0.2, 0.25) is 0 Å². The zero-order chi connectivity index (χ0) is 14.9. The van der Waals surface area contributed by atoms with Crippen LogP contribution >= 0.6 is 0 Å². The largest absolute Gasteiger partial charge is 0.481 e. The van der Waals surface area contributed by atoms with Crippen molar-refractivity contribution in [2.75, 3.05) is 32.7 Å². The van der Waals surface area contributed by atoms with E-state index in [2.05, 4.69) is 10.2 Å². The van der Waals surface area contributed by atoms with E-state index < -0.39 is 11.4 Å². The number of piperazine rings is 1. The molecule has 1 atom stereocenters. The monoisotopic (exact) mass is 295 g/mol. The molecule has 2 heterocycles. The summed E-state index contributed by atoms with van der Waals surface area (Å²) in [5.74, 6) is -0.772. The zero-order valence-electron chi connectivity index (χ0n) is 12.5. The number of urea groups is 1. The van der Waals surface area contributed by atoms with Crippen LogP contribution in [0.15, 0.2) is 0 Å². The van der Waals surface area contributed by atoms with Crippen LogP contribution in [0.25, 0.3) is 0 Å². The van der Waals surface area contributed by atoms with Crippen molar-refractivity contribution in [1.82, 2.24) is 15.1 Å². The maximum absolute atomic E-state index is 12.3. The number of hydrogen-bond acceptors (Lipinski definition) is 3. The summed E-state index contributed by atoms with van der Waals surface area (Å²) in [5, 5.41) is 12.1. The lowest BCUT2D eigenvalue weighted by Crippen LogP contribution is -2.59. The van der Waals surface area contributed by atoms with Gasteiger partial charge in [-0.05, 0) is 32.2 Å². The molecule has 0 bridgehead atoms. The molecule has 6 heteroatoms. The van der Waals surface area contributed by atoms with Crippen LogP contribution in [0.3, 0.4) is 0 Å². The number of carboxylic acids is 1. The lowest BCUT2D eigenvalue weighted by Gasteiger charge is -2.44. The van der Waals surface area contributed by atoms with Crippen LogP contribution in [-0.4, -0.2) is 65.7 Å². The predicted molar refractivity (Wildman–Crippen MR) is 78.1 cm³/mol. The third-order valence-corrected chi connectivity index (χ3v) is 5.47. The van der Waals surface area contributed by atoms with Crippen molar-refractivity contribution in [1.29, 1.82) is 0 Å². The number of aliphatic carboxylic acids is 1. The highest BCUT2D eigenvalue weighted by Crippen LogP contribution is 2.40. The van der Waals surface area contributed by atoms with Gasteiger partial charge in [-0.2, -0.15) is 0 Å². The molecule has 3 fully saturated rings. The smallest absolute Gasteiger partial charge is 0.317 e. The molecule has 0 aromatic rings. The van der Waals surface area contributed by atoms with Crippen molar-refractivity contribution < 1.29 is 14.7 Å². The van der Waals surface area contributed by atoms with Crippen LogP contribution in [0, 0.1) is 5.41 Å². The fraction of sp³-hybridized carbons (Fsp3) is 0.867. The van der Waals surface area contributed by atoms with Crippen LogP contribution in [0.1, 0.15) is 38.5 Å². The van der Waals surface area contributed by atoms with Crippen molar-refractivity contribution >= 4 is 12.0 Å². The van der Waals surface area contributed by atoms with Crippen LogP contribution in [-0.2, 0) is 4.79 Å². The maximum Gasteiger partial charge on any atom is 0.317 e. The highest BCUT2D eigenvalue weighted by Gasteiger charge is 2.44. The summed E-state index contributed by atoms with van der Waals surface area (Å²) in [4.78, 5) is 27.9. The first-order chi connectivity index (χ1) is 10.1. The van der Waals surface area contributed by atoms with Crippen molar-refractivity contribution in [3.05, 3.63) is 0 Å². The molecular weight excluding hydrogens is 270 g/mol. The number of carbonyl (C=O) groups is 2. The number of hydrogen-bond donors (Lipinski definition) is 2. The van der Waals surface area contributed by atoms with E-state index in [1.807, 2.05) is 4.90 Å². The molecule has 3 aliphatic rings. The Bertz CT molecular complexity index is 422. The highest BCUT2D eigenvalue weighted by atomic mass is 16.4. The minimum atomic E-state index is -0.772. The van der Waals surface area contributed by atoms with E-state index in [0.717, 1.165) is 32.6 Å². The van der Waals surface area contributed by atoms with Gasteiger partial charge in [0.2, 0.25) is 0 Å². The number of piperidine rings is 1. The summed E-state index contributed by atoms with van der Waals surface area (Å²) in [6.07, 6.45) is 5.99. The summed E-state index contributed by atoms with van der Waals surface area (Å²) >= 11 is 0. The lowest BCUT2D eigenvalue weighted by molar-refractivity contribution is -0.153. The molecule has 6 nitrogen and oxygen atoms in total. The Labute approximate surface area is 125 Å². The first kappa shape index (κ1) is 14.6. The fourth-order valence-corrected chi connectivity index (χ4v) is 3.77. The Morgan fingerprint density at radius 1 is 1.14 bits per heavy atom. The molecule has 1 unspecified atom stereocenters. The first-order valence-corrected chi connectivity index (χ1v) is 8.11. The number of nitrogens with one attached hydrogen (secondary N) is 1. The number of fused-ring (bicyclic) bond motifs is 1. The van der Waals surface area contributed by atoms with Gasteiger partial charge >= 0.3 is 12.0 Å². The summed E-state index contributed by atoms with van der Waals surface area (Å²) in [5.41, 5.74) is -0.706. The molecule has 2 saturated heterocycles. The van der Waals surface area contributed by atoms with E-state index in [1.54, 1.807) is 0 Å². The van der Waals surface area contributed by atoms with Gasteiger partial charge in [0.1, 0.15) is 0 Å². The predicted octanol–water partition coefficient (Wildman–Crippen LogP) is 1.12. The standard InChI is InChI=1S/C15H25N3O3/c19-13(20)15(5-3-6-15)11-16-14(21)18-9-8-17-7-2-1-4-12(17)10-18/h12H,1-11H2,(H,16,21)(H,19,20). The third-order valence-electron chi connectivity index (χ3n) is 5.47. The van der Waals surface area contributed by atoms with Crippen molar-refractivity contribution in [2.45, 2.75) is 44.6 Å². The van der Waals surface area contributed by atoms with Gasteiger partial charge in [0.05, 0.1) is 5.41 Å². The second kappa shape index (κ2) is 5.83. The minimum Gasteiger partial charge on any atom is -0.481 e. The molecule has 0 aromatic carbocycles. The Hall–Kier alpha value is -1.30. The summed E-state index contributed by atoms with van der Waals surface area (Å²) in [6.45, 7) is 3.91. The van der Waals surface area contributed by atoms with E-state index in [1.165, 1.54) is 19.3 Å². The number of rotatable bonds is 3. The summed E-state index contributed by atoms with van der Waals surface area (Å²) < 4.78 is 0. The average Bonchev–Trinajstić information content (AvgIpc) is 2.45. The number of nitrogens with zero attached hydrogens (tertiary/aromatic N) is 2. The minimum absolute atomic E-state index is 0.0900. The molecule has 1 saturated carbocycles. The average molecular weight is 295 g/mol. The number of amides is 2. The van der Waals surface area contributed by atoms with E-state index in [-0.39, 0.29) is 12.6 Å². The van der Waals surface area contributed by atoms with Crippen molar-refractivity contribution in [2.24, 2.45) is 5.41 Å². The van der Waals surface area contributed by atoms with Gasteiger partial charge in [-0.3, -0.25) is 9.69 Å². The van der Waals surface area contributed by atoms with Crippen LogP contribution in [0.5, 0.6) is 0 Å². The van der Waals surface area contributed by atoms with Gasteiger partial charge in [0, 0.05) is 32.2 Å². The molecule has 118 valence electrons. The molecule has 1 aliphatic carbocycles. The summed E-state index contributed by atoms with van der Waals surface area (Å²) in [6, 6.07) is 0.406. The second-order valence-electron chi connectivity index (χ2n) is 6.73. The van der Waals surface area contributed by atoms with E-state index in [0.29, 0.717) is 18.9 Å². The summed E-state index contributed by atoms with van der Waals surface area (Å²) in [7, 11) is 0. The van der Waals surface area contributed by atoms with Crippen molar-refractivity contribution in [3.63, 3.8) is 0 Å². The molecular formula is C15H25N3O3. The van der Waals surface area contributed by atoms with Crippen LogP contribution in [0.4, 0.5) is 4.79 Å². The van der Waals surface area contributed by atoms with Gasteiger partial charge in [-0.1, -0.05) is 12.8 Å². The van der Waals surface area contributed by atoms with Gasteiger partial charge < -0.3 is 15.3 Å².